The lowest BCUT2D eigenvalue weighted by Gasteiger charge is -2.05. The van der Waals surface area contributed by atoms with Crippen molar-refractivity contribution in [2.24, 2.45) is 0 Å². The highest BCUT2D eigenvalue weighted by molar-refractivity contribution is 9.24. The van der Waals surface area contributed by atoms with Crippen molar-refractivity contribution in [3.8, 4) is 5.69 Å². The van der Waals surface area contributed by atoms with Gasteiger partial charge in [-0.3, -0.25) is 4.79 Å². The third kappa shape index (κ3) is 2.23. The lowest BCUT2D eigenvalue weighted by Crippen LogP contribution is -2.06. The standard InChI is InChI=1S/C12H8Br2N4O/c13-10(14)7-1-3-8(4-2-7)18-11-9(5-17-18)12(19)16-6-15-11/h1-6,10H,(H,15,16,19). The smallest absolute Gasteiger partial charge is 0.261 e. The van der Waals surface area contributed by atoms with Crippen LogP contribution in [0.25, 0.3) is 16.7 Å². The second-order valence-electron chi connectivity index (χ2n) is 3.92. The van der Waals surface area contributed by atoms with Crippen LogP contribution in [0, 0.1) is 0 Å². The third-order valence-electron chi connectivity index (χ3n) is 2.76. The van der Waals surface area contributed by atoms with E-state index in [1.807, 2.05) is 24.3 Å². The second kappa shape index (κ2) is 4.90. The predicted octanol–water partition coefficient (Wildman–Crippen LogP) is 2.90. The normalized spacial score (nSPS) is 11.3. The highest BCUT2D eigenvalue weighted by Crippen LogP contribution is 2.29. The van der Waals surface area contributed by atoms with E-state index in [9.17, 15) is 4.79 Å². The first kappa shape index (κ1) is 12.6. The summed E-state index contributed by atoms with van der Waals surface area (Å²) in [6.07, 6.45) is 2.90. The van der Waals surface area contributed by atoms with Gasteiger partial charge < -0.3 is 4.98 Å². The van der Waals surface area contributed by atoms with E-state index in [0.717, 1.165) is 11.3 Å². The van der Waals surface area contributed by atoms with E-state index in [1.54, 1.807) is 4.68 Å². The number of hydrogen-bond donors (Lipinski definition) is 1. The SMILES string of the molecule is O=c1[nH]cnc2c1cnn2-c1ccc(C(Br)Br)cc1. The van der Waals surface area contributed by atoms with Gasteiger partial charge in [-0.25, -0.2) is 9.67 Å². The Labute approximate surface area is 124 Å². The van der Waals surface area contributed by atoms with Crippen LogP contribution in [0.5, 0.6) is 0 Å². The molecule has 1 N–H and O–H groups in total. The molecule has 2 aromatic heterocycles. The molecule has 3 aromatic rings. The zero-order valence-electron chi connectivity index (χ0n) is 9.55. The van der Waals surface area contributed by atoms with Gasteiger partial charge in [-0.1, -0.05) is 44.0 Å². The number of halogens is 2. The summed E-state index contributed by atoms with van der Waals surface area (Å²) in [5, 5.41) is 4.69. The Hall–Kier alpha value is -1.47. The van der Waals surface area contributed by atoms with E-state index in [2.05, 4.69) is 46.9 Å². The third-order valence-corrected chi connectivity index (χ3v) is 3.82. The van der Waals surface area contributed by atoms with E-state index in [1.165, 1.54) is 12.5 Å². The van der Waals surface area contributed by atoms with Gasteiger partial charge >= 0.3 is 0 Å². The van der Waals surface area contributed by atoms with Crippen molar-refractivity contribution >= 4 is 42.9 Å². The van der Waals surface area contributed by atoms with E-state index >= 15 is 0 Å². The van der Waals surface area contributed by atoms with Crippen molar-refractivity contribution in [1.82, 2.24) is 19.7 Å². The van der Waals surface area contributed by atoms with Gasteiger partial charge in [-0.2, -0.15) is 5.10 Å². The number of nitrogens with one attached hydrogen (secondary N) is 1. The zero-order valence-corrected chi connectivity index (χ0v) is 12.7. The maximum atomic E-state index is 11.6. The highest BCUT2D eigenvalue weighted by Gasteiger charge is 2.09. The summed E-state index contributed by atoms with van der Waals surface area (Å²) in [5.41, 5.74) is 2.32. The molecule has 0 aliphatic heterocycles. The topological polar surface area (TPSA) is 63.6 Å². The fourth-order valence-corrected chi connectivity index (χ4v) is 2.42. The second-order valence-corrected chi connectivity index (χ2v) is 6.98. The molecular formula is C12H8Br2N4O. The van der Waals surface area contributed by atoms with Crippen molar-refractivity contribution in [1.29, 1.82) is 0 Å². The molecule has 0 radical (unpaired) electrons. The van der Waals surface area contributed by atoms with Crippen LogP contribution in [-0.2, 0) is 0 Å². The fourth-order valence-electron chi connectivity index (χ4n) is 1.81. The molecule has 0 spiro atoms. The molecule has 0 amide bonds. The van der Waals surface area contributed by atoms with Crippen molar-refractivity contribution in [3.05, 3.63) is 52.7 Å². The Bertz CT molecular complexity index is 776. The van der Waals surface area contributed by atoms with Gasteiger partial charge in [0.15, 0.2) is 5.65 Å². The summed E-state index contributed by atoms with van der Waals surface area (Å²) < 4.78 is 1.76. The summed E-state index contributed by atoms with van der Waals surface area (Å²) in [7, 11) is 0. The van der Waals surface area contributed by atoms with Crippen LogP contribution >= 0.6 is 31.9 Å². The van der Waals surface area contributed by atoms with Gasteiger partial charge in [0.05, 0.1) is 21.9 Å². The summed E-state index contributed by atoms with van der Waals surface area (Å²) in [5.74, 6) is 0. The number of hydrogen-bond acceptors (Lipinski definition) is 3. The summed E-state index contributed by atoms with van der Waals surface area (Å²) >= 11 is 6.88. The van der Waals surface area contributed by atoms with E-state index in [-0.39, 0.29) is 9.30 Å². The van der Waals surface area contributed by atoms with Crippen LogP contribution in [0.2, 0.25) is 0 Å². The van der Waals surface area contributed by atoms with Crippen molar-refractivity contribution in [3.63, 3.8) is 0 Å². The molecule has 0 fully saturated rings. The van der Waals surface area contributed by atoms with Crippen molar-refractivity contribution in [2.75, 3.05) is 0 Å². The lowest BCUT2D eigenvalue weighted by molar-refractivity contribution is 0.894. The molecule has 0 saturated carbocycles. The van der Waals surface area contributed by atoms with Crippen LogP contribution in [0.1, 0.15) is 9.30 Å². The molecule has 5 nitrogen and oxygen atoms in total. The van der Waals surface area contributed by atoms with Gasteiger partial charge in [0.2, 0.25) is 0 Å². The molecule has 0 aliphatic rings. The maximum Gasteiger partial charge on any atom is 0.261 e. The molecule has 0 saturated heterocycles. The fraction of sp³-hybridized carbons (Fsp3) is 0.0833. The first-order chi connectivity index (χ1) is 9.16. The molecule has 0 unspecified atom stereocenters. The average Bonchev–Trinajstić information content (AvgIpc) is 2.84. The van der Waals surface area contributed by atoms with Gasteiger partial charge in [0.25, 0.3) is 5.56 Å². The zero-order chi connectivity index (χ0) is 13.4. The predicted molar refractivity (Wildman–Crippen MR) is 80.1 cm³/mol. The van der Waals surface area contributed by atoms with Gasteiger partial charge in [0.1, 0.15) is 5.39 Å². The number of H-pyrrole nitrogens is 1. The molecule has 0 atom stereocenters. The molecule has 2 heterocycles. The number of nitrogens with zero attached hydrogens (tertiary/aromatic N) is 3. The van der Waals surface area contributed by atoms with E-state index in [4.69, 9.17) is 0 Å². The van der Waals surface area contributed by atoms with Crippen molar-refractivity contribution < 1.29 is 0 Å². The van der Waals surface area contributed by atoms with Gasteiger partial charge in [-0.15, -0.1) is 0 Å². The summed E-state index contributed by atoms with van der Waals surface area (Å²) in [6, 6.07) is 7.81. The van der Waals surface area contributed by atoms with Crippen LogP contribution in [0.3, 0.4) is 0 Å². The molecule has 1 aromatic carbocycles. The average molecular weight is 384 g/mol. The molecule has 3 rings (SSSR count). The molecule has 19 heavy (non-hydrogen) atoms. The molecular weight excluding hydrogens is 376 g/mol. The monoisotopic (exact) mass is 382 g/mol. The minimum Gasteiger partial charge on any atom is -0.312 e. The van der Waals surface area contributed by atoms with Gasteiger partial charge in [-0.05, 0) is 17.7 Å². The number of fused-ring (bicyclic) bond motifs is 1. The van der Waals surface area contributed by atoms with Crippen LogP contribution in [0.4, 0.5) is 0 Å². The quantitative estimate of drug-likeness (QED) is 0.692. The first-order valence-electron chi connectivity index (χ1n) is 5.47. The Kier molecular flexibility index (Phi) is 3.24. The highest BCUT2D eigenvalue weighted by atomic mass is 79.9. The Morgan fingerprint density at radius 1 is 1.21 bits per heavy atom. The number of aromatic nitrogens is 4. The molecule has 7 heteroatoms. The molecule has 0 aliphatic carbocycles. The largest absolute Gasteiger partial charge is 0.312 e. The van der Waals surface area contributed by atoms with E-state index < -0.39 is 0 Å². The minimum absolute atomic E-state index is 0.115. The number of benzene rings is 1. The summed E-state index contributed by atoms with van der Waals surface area (Å²) in [6.45, 7) is 0. The number of alkyl halides is 2. The minimum atomic E-state index is -0.186. The Morgan fingerprint density at radius 2 is 1.95 bits per heavy atom. The van der Waals surface area contributed by atoms with Gasteiger partial charge in [0, 0.05) is 0 Å². The first-order valence-corrected chi connectivity index (χ1v) is 7.30. The molecule has 0 bridgehead atoms. The lowest BCUT2D eigenvalue weighted by atomic mass is 10.2. The Balaban J connectivity index is 2.14. The van der Waals surface area contributed by atoms with Crippen LogP contribution < -0.4 is 5.56 Å². The number of aromatic amines is 1. The van der Waals surface area contributed by atoms with E-state index in [0.29, 0.717) is 11.0 Å². The van der Waals surface area contributed by atoms with Crippen molar-refractivity contribution in [2.45, 2.75) is 3.74 Å². The maximum absolute atomic E-state index is 11.6. The van der Waals surface area contributed by atoms with Crippen LogP contribution in [0.15, 0.2) is 41.6 Å². The van der Waals surface area contributed by atoms with Crippen LogP contribution in [-0.4, -0.2) is 19.7 Å². The molecule has 96 valence electrons. The number of rotatable bonds is 2. The summed E-state index contributed by atoms with van der Waals surface area (Å²) in [4.78, 5) is 18.3. The Morgan fingerprint density at radius 3 is 2.63 bits per heavy atom.